The van der Waals surface area contributed by atoms with E-state index in [1.54, 1.807) is 12.1 Å². The first-order valence-electron chi connectivity index (χ1n) is 6.33. The molecule has 0 aliphatic carbocycles. The summed E-state index contributed by atoms with van der Waals surface area (Å²) in [5.74, 6) is 0.00834. The monoisotopic (exact) mass is 254 g/mol. The highest BCUT2D eigenvalue weighted by atomic mass is 19.1. The molecule has 0 atom stereocenters. The van der Waals surface area contributed by atoms with Crippen molar-refractivity contribution in [2.24, 2.45) is 0 Å². The van der Waals surface area contributed by atoms with Gasteiger partial charge in [-0.1, -0.05) is 6.07 Å². The lowest BCUT2D eigenvalue weighted by atomic mass is 10.2. The Balaban J connectivity index is 2.39. The van der Waals surface area contributed by atoms with E-state index in [2.05, 4.69) is 17.3 Å². The van der Waals surface area contributed by atoms with Crippen LogP contribution in [-0.2, 0) is 6.54 Å². The van der Waals surface area contributed by atoms with Crippen LogP contribution in [0.4, 0.5) is 4.39 Å². The molecule has 0 saturated carbocycles. The lowest BCUT2D eigenvalue weighted by Gasteiger charge is -2.17. The Bertz CT molecular complexity index is 358. The topological polar surface area (TPSA) is 24.5 Å². The molecule has 0 radical (unpaired) electrons. The van der Waals surface area contributed by atoms with Gasteiger partial charge in [0.05, 0.1) is 7.11 Å². The van der Waals surface area contributed by atoms with E-state index in [1.165, 1.54) is 7.11 Å². The Morgan fingerprint density at radius 1 is 1.33 bits per heavy atom. The first-order valence-corrected chi connectivity index (χ1v) is 6.33. The number of unbranched alkanes of at least 4 members (excludes halogenated alkanes) is 1. The van der Waals surface area contributed by atoms with Gasteiger partial charge in [-0.15, -0.1) is 0 Å². The van der Waals surface area contributed by atoms with Gasteiger partial charge >= 0.3 is 0 Å². The zero-order valence-corrected chi connectivity index (χ0v) is 11.5. The smallest absolute Gasteiger partial charge is 0.165 e. The first-order chi connectivity index (χ1) is 8.67. The summed E-state index contributed by atoms with van der Waals surface area (Å²) in [4.78, 5) is 2.21. The van der Waals surface area contributed by atoms with Gasteiger partial charge < -0.3 is 15.0 Å². The van der Waals surface area contributed by atoms with Gasteiger partial charge in [-0.25, -0.2) is 4.39 Å². The maximum Gasteiger partial charge on any atom is 0.165 e. The molecule has 0 bridgehead atoms. The Morgan fingerprint density at radius 3 is 2.72 bits per heavy atom. The predicted octanol–water partition coefficient (Wildman–Crippen LogP) is 2.27. The Labute approximate surface area is 109 Å². The fourth-order valence-electron chi connectivity index (χ4n) is 1.88. The van der Waals surface area contributed by atoms with Gasteiger partial charge in [-0.05, 0) is 57.7 Å². The van der Waals surface area contributed by atoms with E-state index < -0.39 is 0 Å². The minimum atomic E-state index is -0.293. The van der Waals surface area contributed by atoms with Crippen LogP contribution in [0, 0.1) is 5.82 Å². The second kappa shape index (κ2) is 8.06. The van der Waals surface area contributed by atoms with Gasteiger partial charge in [-0.3, -0.25) is 0 Å². The lowest BCUT2D eigenvalue weighted by molar-refractivity contribution is 0.317. The molecule has 1 aromatic carbocycles. The molecule has 0 heterocycles. The summed E-state index contributed by atoms with van der Waals surface area (Å²) < 4.78 is 18.4. The number of halogens is 1. The molecule has 0 spiro atoms. The maximum absolute atomic E-state index is 13.5. The largest absolute Gasteiger partial charge is 0.494 e. The Hall–Kier alpha value is -1.13. The van der Waals surface area contributed by atoms with E-state index in [0.717, 1.165) is 38.0 Å². The van der Waals surface area contributed by atoms with Crippen molar-refractivity contribution in [2.75, 3.05) is 34.3 Å². The molecule has 3 nitrogen and oxygen atoms in total. The quantitative estimate of drug-likeness (QED) is 0.720. The number of benzene rings is 1. The fraction of sp³-hybridized carbons (Fsp3) is 0.571. The second-order valence-corrected chi connectivity index (χ2v) is 4.52. The average molecular weight is 254 g/mol. The second-order valence-electron chi connectivity index (χ2n) is 4.52. The molecule has 0 saturated heterocycles. The molecule has 0 fully saturated rings. The zero-order valence-electron chi connectivity index (χ0n) is 11.5. The van der Waals surface area contributed by atoms with Crippen molar-refractivity contribution in [2.45, 2.75) is 19.4 Å². The predicted molar refractivity (Wildman–Crippen MR) is 72.4 cm³/mol. The Kier molecular flexibility index (Phi) is 6.68. The number of hydrogen-bond donors (Lipinski definition) is 1. The summed E-state index contributed by atoms with van der Waals surface area (Å²) in [7, 11) is 5.50. The molecule has 18 heavy (non-hydrogen) atoms. The van der Waals surface area contributed by atoms with Gasteiger partial charge in [0.1, 0.15) is 0 Å². The fourth-order valence-corrected chi connectivity index (χ4v) is 1.88. The van der Waals surface area contributed by atoms with E-state index >= 15 is 0 Å². The van der Waals surface area contributed by atoms with E-state index in [4.69, 9.17) is 4.74 Å². The van der Waals surface area contributed by atoms with Gasteiger partial charge in [0.2, 0.25) is 0 Å². The van der Waals surface area contributed by atoms with E-state index in [0.29, 0.717) is 5.75 Å². The molecule has 0 aromatic heterocycles. The van der Waals surface area contributed by atoms with E-state index in [1.807, 2.05) is 13.1 Å². The van der Waals surface area contributed by atoms with Gasteiger partial charge in [-0.2, -0.15) is 0 Å². The number of nitrogens with zero attached hydrogens (tertiary/aromatic N) is 1. The summed E-state index contributed by atoms with van der Waals surface area (Å²) in [6, 6.07) is 5.13. The third kappa shape index (κ3) is 5.02. The summed E-state index contributed by atoms with van der Waals surface area (Å²) in [5.41, 5.74) is 0.976. The minimum absolute atomic E-state index is 0.293. The van der Waals surface area contributed by atoms with Crippen LogP contribution < -0.4 is 10.1 Å². The van der Waals surface area contributed by atoms with Crippen molar-refractivity contribution in [3.05, 3.63) is 29.6 Å². The van der Waals surface area contributed by atoms with Crippen LogP contribution in [0.2, 0.25) is 0 Å². The first kappa shape index (κ1) is 14.9. The summed E-state index contributed by atoms with van der Waals surface area (Å²) in [6.45, 7) is 2.83. The summed E-state index contributed by atoms with van der Waals surface area (Å²) in [5, 5.41) is 3.13. The molecule has 0 aliphatic rings. The van der Waals surface area contributed by atoms with Crippen molar-refractivity contribution in [3.63, 3.8) is 0 Å². The standard InChI is InChI=1S/C14H23FN2O/c1-16-8-4-5-9-17(2)11-12-6-7-14(18-3)13(15)10-12/h6-7,10,16H,4-5,8-9,11H2,1-3H3. The normalized spacial score (nSPS) is 10.9. The van der Waals surface area contributed by atoms with Crippen molar-refractivity contribution in [3.8, 4) is 5.75 Å². The SMILES string of the molecule is CNCCCCN(C)Cc1ccc(OC)c(F)c1. The highest BCUT2D eigenvalue weighted by Gasteiger charge is 2.05. The van der Waals surface area contributed by atoms with Gasteiger partial charge in [0, 0.05) is 6.54 Å². The van der Waals surface area contributed by atoms with E-state index in [9.17, 15) is 4.39 Å². The molecular weight excluding hydrogens is 231 g/mol. The molecule has 102 valence electrons. The molecular formula is C14H23FN2O. The van der Waals surface area contributed by atoms with Crippen molar-refractivity contribution >= 4 is 0 Å². The number of hydrogen-bond acceptors (Lipinski definition) is 3. The average Bonchev–Trinajstić information content (AvgIpc) is 2.35. The summed E-state index contributed by atoms with van der Waals surface area (Å²) >= 11 is 0. The van der Waals surface area contributed by atoms with Gasteiger partial charge in [0.15, 0.2) is 11.6 Å². The van der Waals surface area contributed by atoms with Crippen LogP contribution >= 0.6 is 0 Å². The van der Waals surface area contributed by atoms with Gasteiger partial charge in [0.25, 0.3) is 0 Å². The molecule has 1 rings (SSSR count). The number of ether oxygens (including phenoxy) is 1. The van der Waals surface area contributed by atoms with Crippen LogP contribution in [0.1, 0.15) is 18.4 Å². The molecule has 0 amide bonds. The molecule has 0 aliphatic heterocycles. The molecule has 4 heteroatoms. The van der Waals surface area contributed by atoms with Crippen molar-refractivity contribution in [1.82, 2.24) is 10.2 Å². The van der Waals surface area contributed by atoms with Crippen LogP contribution in [-0.4, -0.2) is 39.2 Å². The number of methoxy groups -OCH3 is 1. The number of nitrogens with one attached hydrogen (secondary N) is 1. The van der Waals surface area contributed by atoms with Crippen LogP contribution in [0.25, 0.3) is 0 Å². The highest BCUT2D eigenvalue weighted by molar-refractivity contribution is 5.29. The van der Waals surface area contributed by atoms with Crippen LogP contribution in [0.5, 0.6) is 5.75 Å². The summed E-state index contributed by atoms with van der Waals surface area (Å²) in [6.07, 6.45) is 2.31. The maximum atomic E-state index is 13.5. The molecule has 0 unspecified atom stereocenters. The third-order valence-corrected chi connectivity index (χ3v) is 2.89. The third-order valence-electron chi connectivity index (χ3n) is 2.89. The Morgan fingerprint density at radius 2 is 2.11 bits per heavy atom. The number of rotatable bonds is 8. The van der Waals surface area contributed by atoms with Crippen molar-refractivity contribution < 1.29 is 9.13 Å². The van der Waals surface area contributed by atoms with Crippen LogP contribution in [0.3, 0.4) is 0 Å². The van der Waals surface area contributed by atoms with E-state index in [-0.39, 0.29) is 5.82 Å². The zero-order chi connectivity index (χ0) is 13.4. The molecule has 1 aromatic rings. The lowest BCUT2D eigenvalue weighted by Crippen LogP contribution is -2.20. The van der Waals surface area contributed by atoms with Crippen LogP contribution in [0.15, 0.2) is 18.2 Å². The van der Waals surface area contributed by atoms with Crippen molar-refractivity contribution in [1.29, 1.82) is 0 Å². The highest BCUT2D eigenvalue weighted by Crippen LogP contribution is 2.18. The molecule has 1 N–H and O–H groups in total. The minimum Gasteiger partial charge on any atom is -0.494 e.